The zero-order valence-corrected chi connectivity index (χ0v) is 15.6. The average Bonchev–Trinajstić information content (AvgIpc) is 3.03. The van der Waals surface area contributed by atoms with Crippen molar-refractivity contribution in [3.05, 3.63) is 34.1 Å². The fourth-order valence-electron chi connectivity index (χ4n) is 2.60. The molecule has 0 saturated heterocycles. The van der Waals surface area contributed by atoms with Gasteiger partial charge in [0.15, 0.2) is 16.3 Å². The first kappa shape index (κ1) is 18.4. The summed E-state index contributed by atoms with van der Waals surface area (Å²) < 4.78 is 37.0. The Morgan fingerprint density at radius 3 is 2.73 bits per heavy atom. The van der Waals surface area contributed by atoms with E-state index in [0.717, 1.165) is 4.88 Å². The van der Waals surface area contributed by atoms with Crippen LogP contribution in [0.4, 0.5) is 13.6 Å². The molecular weight excluding hydrogens is 364 g/mol. The molecule has 0 saturated carbocycles. The van der Waals surface area contributed by atoms with Crippen molar-refractivity contribution in [3.63, 3.8) is 0 Å². The van der Waals surface area contributed by atoms with Gasteiger partial charge in [0.05, 0.1) is 5.69 Å². The van der Waals surface area contributed by atoms with E-state index in [1.165, 1.54) is 23.5 Å². The highest BCUT2D eigenvalue weighted by Gasteiger charge is 2.43. The standard InChI is InChI=1S/C17H19F2N3O3S/c1-10(2)8-21(4)15(23)20-16-22(9-11(3)26-16)12-5-6-13-14(7-12)25-17(18,19)24-13/h5-7,9-10H,8H2,1-4H3. The minimum Gasteiger partial charge on any atom is -0.395 e. The number of carbonyl (C=O) groups is 1. The summed E-state index contributed by atoms with van der Waals surface area (Å²) in [4.78, 5) is 19.4. The van der Waals surface area contributed by atoms with Gasteiger partial charge in [0.1, 0.15) is 0 Å². The average molecular weight is 383 g/mol. The Morgan fingerprint density at radius 1 is 1.35 bits per heavy atom. The molecule has 0 spiro atoms. The molecule has 9 heteroatoms. The predicted molar refractivity (Wildman–Crippen MR) is 93.0 cm³/mol. The number of carbonyl (C=O) groups excluding carboxylic acids is 1. The van der Waals surface area contributed by atoms with Crippen LogP contribution >= 0.6 is 11.3 Å². The third-order valence-corrected chi connectivity index (χ3v) is 4.49. The maximum atomic E-state index is 13.2. The number of urea groups is 1. The van der Waals surface area contributed by atoms with Crippen molar-refractivity contribution >= 4 is 17.4 Å². The summed E-state index contributed by atoms with van der Waals surface area (Å²) in [6.45, 7) is 6.50. The van der Waals surface area contributed by atoms with Crippen LogP contribution in [-0.2, 0) is 0 Å². The van der Waals surface area contributed by atoms with Crippen LogP contribution in [0.15, 0.2) is 29.4 Å². The van der Waals surface area contributed by atoms with Gasteiger partial charge in [-0.1, -0.05) is 13.8 Å². The normalized spacial score (nSPS) is 15.6. The molecule has 1 aromatic heterocycles. The molecule has 2 amide bonds. The molecule has 140 valence electrons. The monoisotopic (exact) mass is 383 g/mol. The van der Waals surface area contributed by atoms with Gasteiger partial charge in [0.25, 0.3) is 0 Å². The third-order valence-electron chi connectivity index (χ3n) is 3.59. The maximum Gasteiger partial charge on any atom is 0.586 e. The fourth-order valence-corrected chi connectivity index (χ4v) is 3.43. The number of hydrogen-bond acceptors (Lipinski definition) is 4. The second-order valence-corrected chi connectivity index (χ2v) is 7.67. The van der Waals surface area contributed by atoms with Crippen LogP contribution in [0.25, 0.3) is 5.69 Å². The van der Waals surface area contributed by atoms with E-state index in [0.29, 0.717) is 23.0 Å². The molecule has 2 heterocycles. The second kappa shape index (κ2) is 6.71. The Bertz CT molecular complexity index is 905. The van der Waals surface area contributed by atoms with E-state index in [-0.39, 0.29) is 17.5 Å². The highest BCUT2D eigenvalue weighted by atomic mass is 32.1. The first-order valence-corrected chi connectivity index (χ1v) is 8.85. The number of aryl methyl sites for hydroxylation is 1. The second-order valence-electron chi connectivity index (χ2n) is 6.46. The van der Waals surface area contributed by atoms with Gasteiger partial charge in [-0.15, -0.1) is 20.1 Å². The predicted octanol–water partition coefficient (Wildman–Crippen LogP) is 3.78. The van der Waals surface area contributed by atoms with Crippen molar-refractivity contribution < 1.29 is 23.0 Å². The van der Waals surface area contributed by atoms with Gasteiger partial charge in [0, 0.05) is 30.7 Å². The number of benzene rings is 1. The van der Waals surface area contributed by atoms with Crippen LogP contribution in [0, 0.1) is 12.8 Å². The molecule has 1 aromatic carbocycles. The lowest BCUT2D eigenvalue weighted by molar-refractivity contribution is -0.286. The van der Waals surface area contributed by atoms with Gasteiger partial charge in [-0.05, 0) is 25.0 Å². The van der Waals surface area contributed by atoms with Gasteiger partial charge < -0.3 is 14.4 Å². The lowest BCUT2D eigenvalue weighted by atomic mass is 10.2. The van der Waals surface area contributed by atoms with Gasteiger partial charge in [-0.25, -0.2) is 4.79 Å². The molecule has 6 nitrogen and oxygen atoms in total. The summed E-state index contributed by atoms with van der Waals surface area (Å²) in [5.74, 6) is 0.238. The topological polar surface area (TPSA) is 56.1 Å². The summed E-state index contributed by atoms with van der Waals surface area (Å²) in [5.41, 5.74) is 0.549. The lowest BCUT2D eigenvalue weighted by Crippen LogP contribution is -2.29. The number of ether oxygens (including phenoxy) is 2. The van der Waals surface area contributed by atoms with Crippen LogP contribution in [0.2, 0.25) is 0 Å². The van der Waals surface area contributed by atoms with Crippen LogP contribution in [-0.4, -0.2) is 35.4 Å². The van der Waals surface area contributed by atoms with E-state index >= 15 is 0 Å². The SMILES string of the molecule is Cc1cn(-c2ccc3c(c2)OC(F)(F)O3)c(=NC(=O)N(C)CC(C)C)s1. The Morgan fingerprint density at radius 2 is 2.04 bits per heavy atom. The van der Waals surface area contributed by atoms with Crippen molar-refractivity contribution in [2.75, 3.05) is 13.6 Å². The van der Waals surface area contributed by atoms with E-state index in [9.17, 15) is 13.6 Å². The Kier molecular flexibility index (Phi) is 4.74. The highest BCUT2D eigenvalue weighted by Crippen LogP contribution is 2.41. The number of hydrogen-bond donors (Lipinski definition) is 0. The first-order chi connectivity index (χ1) is 12.1. The summed E-state index contributed by atoms with van der Waals surface area (Å²) in [6.07, 6.45) is -1.88. The van der Waals surface area contributed by atoms with Crippen molar-refractivity contribution in [1.82, 2.24) is 9.47 Å². The van der Waals surface area contributed by atoms with Crippen LogP contribution in [0.5, 0.6) is 11.5 Å². The molecule has 0 fully saturated rings. The number of halogens is 2. The van der Waals surface area contributed by atoms with E-state index in [1.54, 1.807) is 28.8 Å². The molecule has 0 radical (unpaired) electrons. The molecule has 0 bridgehead atoms. The van der Waals surface area contributed by atoms with Crippen molar-refractivity contribution in [2.45, 2.75) is 27.1 Å². The third kappa shape index (κ3) is 3.87. The van der Waals surface area contributed by atoms with E-state index in [2.05, 4.69) is 14.5 Å². The van der Waals surface area contributed by atoms with E-state index < -0.39 is 6.29 Å². The van der Waals surface area contributed by atoms with Gasteiger partial charge in [-0.3, -0.25) is 4.57 Å². The van der Waals surface area contributed by atoms with Crippen LogP contribution in [0.3, 0.4) is 0 Å². The number of aromatic nitrogens is 1. The number of rotatable bonds is 3. The molecule has 2 aromatic rings. The highest BCUT2D eigenvalue weighted by molar-refractivity contribution is 7.09. The van der Waals surface area contributed by atoms with Gasteiger partial charge in [0.2, 0.25) is 0 Å². The quantitative estimate of drug-likeness (QED) is 0.811. The molecule has 0 aliphatic carbocycles. The number of alkyl halides is 2. The Hall–Kier alpha value is -2.42. The zero-order chi connectivity index (χ0) is 19.1. The van der Waals surface area contributed by atoms with Crippen LogP contribution < -0.4 is 14.3 Å². The summed E-state index contributed by atoms with van der Waals surface area (Å²) >= 11 is 1.34. The molecule has 1 aliphatic rings. The van der Waals surface area contributed by atoms with E-state index in [4.69, 9.17) is 0 Å². The van der Waals surface area contributed by atoms with Crippen molar-refractivity contribution in [1.29, 1.82) is 0 Å². The number of nitrogens with zero attached hydrogens (tertiary/aromatic N) is 3. The molecule has 26 heavy (non-hydrogen) atoms. The smallest absolute Gasteiger partial charge is 0.395 e. The van der Waals surface area contributed by atoms with Crippen LogP contribution in [0.1, 0.15) is 18.7 Å². The zero-order valence-electron chi connectivity index (χ0n) is 14.8. The molecule has 3 rings (SSSR count). The molecule has 1 aliphatic heterocycles. The Labute approximate surface area is 153 Å². The summed E-state index contributed by atoms with van der Waals surface area (Å²) in [6, 6.07) is 4.09. The number of thiazole rings is 1. The number of fused-ring (bicyclic) bond motifs is 1. The lowest BCUT2D eigenvalue weighted by Gasteiger charge is -2.16. The minimum absolute atomic E-state index is 0.0301. The summed E-state index contributed by atoms with van der Waals surface area (Å²) in [5, 5.41) is 0. The fraction of sp³-hybridized carbons (Fsp3) is 0.412. The van der Waals surface area contributed by atoms with E-state index in [1.807, 2.05) is 20.8 Å². The van der Waals surface area contributed by atoms with Gasteiger partial charge in [-0.2, -0.15) is 4.99 Å². The number of amides is 2. The Balaban J connectivity index is 1.96. The largest absolute Gasteiger partial charge is 0.586 e. The molecule has 0 N–H and O–H groups in total. The minimum atomic E-state index is -3.67. The summed E-state index contributed by atoms with van der Waals surface area (Å²) in [7, 11) is 1.69. The van der Waals surface area contributed by atoms with Crippen molar-refractivity contribution in [2.24, 2.45) is 10.9 Å². The van der Waals surface area contributed by atoms with Crippen molar-refractivity contribution in [3.8, 4) is 17.2 Å². The molecule has 0 atom stereocenters. The molecular formula is C17H19F2N3O3S. The first-order valence-electron chi connectivity index (χ1n) is 8.04. The maximum absolute atomic E-state index is 13.2. The van der Waals surface area contributed by atoms with Gasteiger partial charge >= 0.3 is 12.3 Å². The molecule has 0 unspecified atom stereocenters.